The SMILES string of the molecule is O=C(NCCC1CCOC1)c1ccc2c(c1)CCCN2. The Labute approximate surface area is 119 Å². The van der Waals surface area contributed by atoms with Gasteiger partial charge in [0.05, 0.1) is 0 Å². The zero-order chi connectivity index (χ0) is 13.8. The van der Waals surface area contributed by atoms with E-state index in [2.05, 4.69) is 10.6 Å². The number of amides is 1. The number of hydrogen-bond acceptors (Lipinski definition) is 3. The Morgan fingerprint density at radius 2 is 2.40 bits per heavy atom. The minimum atomic E-state index is 0.0392. The van der Waals surface area contributed by atoms with Crippen LogP contribution in [0, 0.1) is 5.92 Å². The van der Waals surface area contributed by atoms with Gasteiger partial charge in [-0.15, -0.1) is 0 Å². The highest BCUT2D eigenvalue weighted by Crippen LogP contribution is 2.23. The van der Waals surface area contributed by atoms with Crippen LogP contribution in [0.15, 0.2) is 18.2 Å². The number of carbonyl (C=O) groups excluding carboxylic acids is 1. The van der Waals surface area contributed by atoms with Crippen molar-refractivity contribution in [2.45, 2.75) is 25.7 Å². The summed E-state index contributed by atoms with van der Waals surface area (Å²) in [6.45, 7) is 3.49. The summed E-state index contributed by atoms with van der Waals surface area (Å²) in [5.74, 6) is 0.653. The van der Waals surface area contributed by atoms with E-state index in [1.54, 1.807) is 0 Å². The highest BCUT2D eigenvalue weighted by atomic mass is 16.5. The predicted molar refractivity (Wildman–Crippen MR) is 79.1 cm³/mol. The molecule has 4 nitrogen and oxygen atoms in total. The minimum Gasteiger partial charge on any atom is -0.385 e. The van der Waals surface area contributed by atoms with E-state index in [0.717, 1.165) is 57.6 Å². The number of carbonyl (C=O) groups is 1. The molecular weight excluding hydrogens is 252 g/mol. The Balaban J connectivity index is 1.53. The number of hydrogen-bond donors (Lipinski definition) is 2. The maximum absolute atomic E-state index is 12.1. The second-order valence-corrected chi connectivity index (χ2v) is 5.68. The molecule has 2 aliphatic heterocycles. The standard InChI is InChI=1S/C16H22N2O2/c19-16(18-8-5-12-6-9-20-11-12)14-3-4-15-13(10-14)2-1-7-17-15/h3-4,10,12,17H,1-2,5-9,11H2,(H,18,19). The van der Waals surface area contributed by atoms with Crippen molar-refractivity contribution in [1.29, 1.82) is 0 Å². The molecule has 0 aliphatic carbocycles. The molecule has 1 aromatic rings. The molecule has 0 spiro atoms. The first-order valence-electron chi connectivity index (χ1n) is 7.55. The van der Waals surface area contributed by atoms with E-state index in [-0.39, 0.29) is 5.91 Å². The lowest BCUT2D eigenvalue weighted by Crippen LogP contribution is -2.26. The van der Waals surface area contributed by atoms with Crippen molar-refractivity contribution in [1.82, 2.24) is 5.32 Å². The number of benzene rings is 1. The van der Waals surface area contributed by atoms with Crippen molar-refractivity contribution < 1.29 is 9.53 Å². The monoisotopic (exact) mass is 274 g/mol. The van der Waals surface area contributed by atoms with Crippen LogP contribution in [0.5, 0.6) is 0 Å². The molecule has 2 N–H and O–H groups in total. The topological polar surface area (TPSA) is 50.4 Å². The Morgan fingerprint density at radius 3 is 3.25 bits per heavy atom. The van der Waals surface area contributed by atoms with E-state index < -0.39 is 0 Å². The van der Waals surface area contributed by atoms with Crippen LogP contribution in [0.3, 0.4) is 0 Å². The molecule has 1 saturated heterocycles. The first-order valence-corrected chi connectivity index (χ1v) is 7.55. The van der Waals surface area contributed by atoms with Crippen LogP contribution in [0.4, 0.5) is 5.69 Å². The summed E-state index contributed by atoms with van der Waals surface area (Å²) in [6.07, 6.45) is 4.33. The van der Waals surface area contributed by atoms with Gasteiger partial charge in [-0.25, -0.2) is 0 Å². The average Bonchev–Trinajstić information content (AvgIpc) is 3.00. The second kappa shape index (κ2) is 6.27. The number of aryl methyl sites for hydroxylation is 1. The molecule has 3 rings (SSSR count). The second-order valence-electron chi connectivity index (χ2n) is 5.68. The Morgan fingerprint density at radius 1 is 1.45 bits per heavy atom. The molecule has 1 aromatic carbocycles. The largest absolute Gasteiger partial charge is 0.385 e. The highest BCUT2D eigenvalue weighted by molar-refractivity contribution is 5.94. The summed E-state index contributed by atoms with van der Waals surface area (Å²) >= 11 is 0. The molecule has 1 unspecified atom stereocenters. The molecule has 0 saturated carbocycles. The Hall–Kier alpha value is -1.55. The molecule has 1 amide bonds. The fraction of sp³-hybridized carbons (Fsp3) is 0.562. The lowest BCUT2D eigenvalue weighted by molar-refractivity contribution is 0.0950. The minimum absolute atomic E-state index is 0.0392. The van der Waals surface area contributed by atoms with Gasteiger partial charge in [0.15, 0.2) is 0 Å². The van der Waals surface area contributed by atoms with Crippen LogP contribution < -0.4 is 10.6 Å². The van der Waals surface area contributed by atoms with Gasteiger partial charge < -0.3 is 15.4 Å². The van der Waals surface area contributed by atoms with Gasteiger partial charge in [0.25, 0.3) is 5.91 Å². The van der Waals surface area contributed by atoms with Crippen LogP contribution in [-0.4, -0.2) is 32.2 Å². The van der Waals surface area contributed by atoms with Gasteiger partial charge in [-0.05, 0) is 55.4 Å². The van der Waals surface area contributed by atoms with Crippen molar-refractivity contribution in [2.75, 3.05) is 31.6 Å². The molecule has 108 valence electrons. The van der Waals surface area contributed by atoms with Crippen LogP contribution in [0.25, 0.3) is 0 Å². The molecule has 0 bridgehead atoms. The van der Waals surface area contributed by atoms with E-state index in [9.17, 15) is 4.79 Å². The summed E-state index contributed by atoms with van der Waals surface area (Å²) in [4.78, 5) is 12.1. The van der Waals surface area contributed by atoms with Gasteiger partial charge in [0.1, 0.15) is 0 Å². The number of nitrogens with one attached hydrogen (secondary N) is 2. The first kappa shape index (κ1) is 13.4. The van der Waals surface area contributed by atoms with E-state index >= 15 is 0 Å². The summed E-state index contributed by atoms with van der Waals surface area (Å²) in [5, 5.41) is 6.38. The van der Waals surface area contributed by atoms with Gasteiger partial charge in [-0.1, -0.05) is 0 Å². The van der Waals surface area contributed by atoms with E-state index in [4.69, 9.17) is 4.74 Å². The molecule has 0 radical (unpaired) electrons. The molecule has 0 aromatic heterocycles. The average molecular weight is 274 g/mol. The number of ether oxygens (including phenoxy) is 1. The lowest BCUT2D eigenvalue weighted by Gasteiger charge is -2.18. The lowest BCUT2D eigenvalue weighted by atomic mass is 10.0. The Bertz CT molecular complexity index is 481. The molecule has 20 heavy (non-hydrogen) atoms. The maximum Gasteiger partial charge on any atom is 0.251 e. The maximum atomic E-state index is 12.1. The van der Waals surface area contributed by atoms with E-state index in [0.29, 0.717) is 5.92 Å². The van der Waals surface area contributed by atoms with Crippen LogP contribution >= 0.6 is 0 Å². The van der Waals surface area contributed by atoms with E-state index in [1.165, 1.54) is 11.3 Å². The molecular formula is C16H22N2O2. The highest BCUT2D eigenvalue weighted by Gasteiger charge is 2.16. The summed E-state index contributed by atoms with van der Waals surface area (Å²) in [6, 6.07) is 5.95. The zero-order valence-corrected chi connectivity index (χ0v) is 11.8. The molecule has 1 fully saturated rings. The van der Waals surface area contributed by atoms with Crippen molar-refractivity contribution in [3.8, 4) is 0 Å². The number of rotatable bonds is 4. The van der Waals surface area contributed by atoms with Gasteiger partial charge in [-0.2, -0.15) is 0 Å². The summed E-state index contributed by atoms with van der Waals surface area (Å²) in [7, 11) is 0. The first-order chi connectivity index (χ1) is 9.83. The molecule has 4 heteroatoms. The van der Waals surface area contributed by atoms with Crippen LogP contribution in [0.2, 0.25) is 0 Å². The normalized spacial score (nSPS) is 21.1. The quantitative estimate of drug-likeness (QED) is 0.885. The van der Waals surface area contributed by atoms with Crippen molar-refractivity contribution in [3.63, 3.8) is 0 Å². The van der Waals surface area contributed by atoms with Gasteiger partial charge in [-0.3, -0.25) is 4.79 Å². The smallest absolute Gasteiger partial charge is 0.251 e. The van der Waals surface area contributed by atoms with Crippen LogP contribution in [-0.2, 0) is 11.2 Å². The van der Waals surface area contributed by atoms with E-state index in [1.807, 2.05) is 18.2 Å². The molecule has 2 aliphatic rings. The third kappa shape index (κ3) is 3.12. The van der Waals surface area contributed by atoms with Crippen molar-refractivity contribution in [3.05, 3.63) is 29.3 Å². The van der Waals surface area contributed by atoms with Crippen molar-refractivity contribution >= 4 is 11.6 Å². The van der Waals surface area contributed by atoms with Crippen molar-refractivity contribution in [2.24, 2.45) is 5.92 Å². The third-order valence-corrected chi connectivity index (χ3v) is 4.17. The zero-order valence-electron chi connectivity index (χ0n) is 11.8. The number of fused-ring (bicyclic) bond motifs is 1. The third-order valence-electron chi connectivity index (χ3n) is 4.17. The predicted octanol–water partition coefficient (Wildman–Crippen LogP) is 2.20. The Kier molecular flexibility index (Phi) is 4.21. The number of anilines is 1. The molecule has 2 heterocycles. The summed E-state index contributed by atoms with van der Waals surface area (Å²) < 4.78 is 5.34. The van der Waals surface area contributed by atoms with Crippen LogP contribution in [0.1, 0.15) is 35.2 Å². The molecule has 1 atom stereocenters. The fourth-order valence-electron chi connectivity index (χ4n) is 2.92. The summed E-state index contributed by atoms with van der Waals surface area (Å²) in [5.41, 5.74) is 3.21. The van der Waals surface area contributed by atoms with Gasteiger partial charge in [0, 0.05) is 37.6 Å². The van der Waals surface area contributed by atoms with Gasteiger partial charge >= 0.3 is 0 Å². The fourth-order valence-corrected chi connectivity index (χ4v) is 2.92. The van der Waals surface area contributed by atoms with Gasteiger partial charge in [0.2, 0.25) is 0 Å².